The van der Waals surface area contributed by atoms with Crippen molar-refractivity contribution in [2.45, 2.75) is 12.8 Å². The van der Waals surface area contributed by atoms with E-state index < -0.39 is 0 Å². The van der Waals surface area contributed by atoms with Gasteiger partial charge in [-0.1, -0.05) is 5.16 Å². The van der Waals surface area contributed by atoms with Crippen molar-refractivity contribution in [2.24, 2.45) is 0 Å². The van der Waals surface area contributed by atoms with Gasteiger partial charge in [0.25, 0.3) is 0 Å². The predicted molar refractivity (Wildman–Crippen MR) is 33.1 cm³/mol. The summed E-state index contributed by atoms with van der Waals surface area (Å²) in [6, 6.07) is 0. The van der Waals surface area contributed by atoms with E-state index in [9.17, 15) is 0 Å². The van der Waals surface area contributed by atoms with Crippen molar-refractivity contribution in [3.05, 3.63) is 18.6 Å². The van der Waals surface area contributed by atoms with Gasteiger partial charge in [0.2, 0.25) is 5.89 Å². The van der Waals surface area contributed by atoms with E-state index in [2.05, 4.69) is 14.7 Å². The normalized spacial score (nSPS) is 10.2. The maximum atomic E-state index is 8.41. The highest BCUT2D eigenvalue weighted by Crippen LogP contribution is 1.98. The SMILES string of the molecule is [CH]c1noc(CCCO)n1. The molecule has 4 heteroatoms. The van der Waals surface area contributed by atoms with Gasteiger partial charge in [-0.05, 0) is 6.42 Å². The summed E-state index contributed by atoms with van der Waals surface area (Å²) in [5.74, 6) is 0.625. The number of nitrogens with zero attached hydrogens (tertiary/aromatic N) is 2. The molecule has 1 N–H and O–H groups in total. The van der Waals surface area contributed by atoms with Gasteiger partial charge in [0.1, 0.15) is 0 Å². The summed E-state index contributed by atoms with van der Waals surface area (Å²) in [7, 11) is 0. The second-order valence-electron chi connectivity index (χ2n) is 1.87. The van der Waals surface area contributed by atoms with Crippen LogP contribution in [0.15, 0.2) is 4.52 Å². The van der Waals surface area contributed by atoms with Crippen LogP contribution < -0.4 is 0 Å². The Morgan fingerprint density at radius 1 is 1.60 bits per heavy atom. The highest BCUT2D eigenvalue weighted by Gasteiger charge is 2.00. The summed E-state index contributed by atoms with van der Waals surface area (Å²) >= 11 is 0. The first-order chi connectivity index (χ1) is 4.83. The highest BCUT2D eigenvalue weighted by atomic mass is 16.5. The molecule has 1 aromatic rings. The number of aliphatic hydroxyl groups excluding tert-OH is 1. The van der Waals surface area contributed by atoms with Crippen molar-refractivity contribution >= 4 is 0 Å². The van der Waals surface area contributed by atoms with Crippen LogP contribution in [-0.2, 0) is 6.42 Å². The van der Waals surface area contributed by atoms with Crippen molar-refractivity contribution in [3.63, 3.8) is 0 Å². The molecule has 0 spiro atoms. The predicted octanol–water partition coefficient (Wildman–Crippen LogP) is 0.0537. The lowest BCUT2D eigenvalue weighted by Crippen LogP contribution is -1.88. The Hall–Kier alpha value is -0.900. The molecular weight excluding hydrogens is 132 g/mol. The first-order valence-electron chi connectivity index (χ1n) is 3.02. The largest absolute Gasteiger partial charge is 0.396 e. The topological polar surface area (TPSA) is 59.2 Å². The molecule has 2 radical (unpaired) electrons. The third kappa shape index (κ3) is 1.80. The van der Waals surface area contributed by atoms with E-state index in [1.54, 1.807) is 0 Å². The molecule has 1 heterocycles. The summed E-state index contributed by atoms with van der Waals surface area (Å²) in [6.45, 7) is 5.30. The zero-order valence-corrected chi connectivity index (χ0v) is 5.45. The fourth-order valence-electron chi connectivity index (χ4n) is 0.600. The second-order valence-corrected chi connectivity index (χ2v) is 1.87. The van der Waals surface area contributed by atoms with Crippen molar-refractivity contribution in [3.8, 4) is 0 Å². The van der Waals surface area contributed by atoms with Crippen molar-refractivity contribution in [1.29, 1.82) is 0 Å². The lowest BCUT2D eigenvalue weighted by atomic mass is 10.3. The third-order valence-corrected chi connectivity index (χ3v) is 1.03. The number of aliphatic hydroxyl groups is 1. The summed E-state index contributed by atoms with van der Waals surface area (Å²) in [5, 5.41) is 11.8. The van der Waals surface area contributed by atoms with Crippen LogP contribution in [0.2, 0.25) is 0 Å². The first-order valence-corrected chi connectivity index (χ1v) is 3.02. The minimum Gasteiger partial charge on any atom is -0.396 e. The van der Waals surface area contributed by atoms with Crippen molar-refractivity contribution in [2.75, 3.05) is 6.61 Å². The van der Waals surface area contributed by atoms with Crippen LogP contribution in [-0.4, -0.2) is 21.9 Å². The molecule has 0 fully saturated rings. The van der Waals surface area contributed by atoms with Gasteiger partial charge < -0.3 is 9.63 Å². The molecule has 0 bridgehead atoms. The Morgan fingerprint density at radius 2 is 2.40 bits per heavy atom. The average molecular weight is 140 g/mol. The van der Waals surface area contributed by atoms with Gasteiger partial charge in [0.15, 0.2) is 5.82 Å². The molecule has 0 aliphatic carbocycles. The minimum atomic E-state index is 0.127. The fraction of sp³-hybridized carbons (Fsp3) is 0.500. The maximum absolute atomic E-state index is 8.41. The van der Waals surface area contributed by atoms with E-state index >= 15 is 0 Å². The number of hydrogen-bond acceptors (Lipinski definition) is 4. The Morgan fingerprint density at radius 3 is 2.90 bits per heavy atom. The van der Waals surface area contributed by atoms with Gasteiger partial charge in [0.05, 0.1) is 0 Å². The molecule has 10 heavy (non-hydrogen) atoms. The quantitative estimate of drug-likeness (QED) is 0.644. The molecule has 4 nitrogen and oxygen atoms in total. The van der Waals surface area contributed by atoms with Gasteiger partial charge in [-0.3, -0.25) is 0 Å². The van der Waals surface area contributed by atoms with E-state index in [0.29, 0.717) is 18.7 Å². The second kappa shape index (κ2) is 3.31. The number of aryl methyl sites for hydroxylation is 1. The molecule has 0 aromatic carbocycles. The zero-order valence-electron chi connectivity index (χ0n) is 5.45. The molecule has 54 valence electrons. The summed E-state index contributed by atoms with van der Waals surface area (Å²) in [5.41, 5.74) is 0. The Kier molecular flexibility index (Phi) is 2.39. The molecule has 0 amide bonds. The van der Waals surface area contributed by atoms with E-state index in [-0.39, 0.29) is 12.4 Å². The molecule has 0 aliphatic heterocycles. The lowest BCUT2D eigenvalue weighted by Gasteiger charge is -1.86. The minimum absolute atomic E-state index is 0.127. The van der Waals surface area contributed by atoms with E-state index in [1.165, 1.54) is 0 Å². The van der Waals surface area contributed by atoms with Gasteiger partial charge in [-0.25, -0.2) is 0 Å². The molecule has 0 saturated carbocycles. The lowest BCUT2D eigenvalue weighted by molar-refractivity contribution is 0.278. The van der Waals surface area contributed by atoms with E-state index in [0.717, 1.165) is 0 Å². The fourth-order valence-corrected chi connectivity index (χ4v) is 0.600. The zero-order chi connectivity index (χ0) is 7.40. The molecule has 0 unspecified atom stereocenters. The van der Waals surface area contributed by atoms with Crippen LogP contribution in [0.25, 0.3) is 0 Å². The average Bonchev–Trinajstić information content (AvgIpc) is 2.31. The van der Waals surface area contributed by atoms with Crippen LogP contribution in [0.4, 0.5) is 0 Å². The van der Waals surface area contributed by atoms with Crippen LogP contribution in [0, 0.1) is 6.92 Å². The third-order valence-electron chi connectivity index (χ3n) is 1.03. The highest BCUT2D eigenvalue weighted by molar-refractivity contribution is 4.88. The molecule has 0 aliphatic rings. The van der Waals surface area contributed by atoms with Crippen LogP contribution >= 0.6 is 0 Å². The molecular formula is C6H8N2O2. The smallest absolute Gasteiger partial charge is 0.226 e. The van der Waals surface area contributed by atoms with Crippen molar-refractivity contribution < 1.29 is 9.63 Å². The summed E-state index contributed by atoms with van der Waals surface area (Å²) in [6.07, 6.45) is 1.21. The van der Waals surface area contributed by atoms with Crippen LogP contribution in [0.5, 0.6) is 0 Å². The van der Waals surface area contributed by atoms with E-state index in [1.807, 2.05) is 0 Å². The Balaban J connectivity index is 2.42. The van der Waals surface area contributed by atoms with Gasteiger partial charge >= 0.3 is 0 Å². The van der Waals surface area contributed by atoms with E-state index in [4.69, 9.17) is 12.0 Å². The number of aromatic nitrogens is 2. The standard InChI is InChI=1S/C6H8N2O2/c1-5-7-6(10-8-5)3-2-4-9/h1,9H,2-4H2. The number of rotatable bonds is 3. The van der Waals surface area contributed by atoms with Crippen LogP contribution in [0.3, 0.4) is 0 Å². The monoisotopic (exact) mass is 140 g/mol. The molecule has 1 aromatic heterocycles. The molecule has 0 atom stereocenters. The summed E-state index contributed by atoms with van der Waals surface area (Å²) in [4.78, 5) is 3.74. The molecule has 1 rings (SSSR count). The van der Waals surface area contributed by atoms with Gasteiger partial charge in [-0.15, -0.1) is 0 Å². The van der Waals surface area contributed by atoms with Gasteiger partial charge in [-0.2, -0.15) is 4.98 Å². The van der Waals surface area contributed by atoms with Crippen LogP contribution in [0.1, 0.15) is 18.1 Å². The Bertz CT molecular complexity index is 197. The number of hydrogen-bond donors (Lipinski definition) is 1. The van der Waals surface area contributed by atoms with Crippen molar-refractivity contribution in [1.82, 2.24) is 10.1 Å². The van der Waals surface area contributed by atoms with Gasteiger partial charge in [0, 0.05) is 20.0 Å². The maximum Gasteiger partial charge on any atom is 0.226 e. The first kappa shape index (κ1) is 7.21. The summed E-state index contributed by atoms with van der Waals surface area (Å²) < 4.78 is 4.67. The molecule has 0 saturated heterocycles. The Labute approximate surface area is 58.9 Å².